The molecule has 18 heavy (non-hydrogen) atoms. The first-order valence-electron chi connectivity index (χ1n) is 6.69. The van der Waals surface area contributed by atoms with E-state index in [9.17, 15) is 9.90 Å². The minimum absolute atomic E-state index is 0.154. The van der Waals surface area contributed by atoms with Gasteiger partial charge in [-0.2, -0.15) is 0 Å². The van der Waals surface area contributed by atoms with Crippen LogP contribution in [0.2, 0.25) is 0 Å². The Labute approximate surface area is 108 Å². The molecule has 0 aromatic carbocycles. The molecule has 2 fully saturated rings. The Morgan fingerprint density at radius 2 is 2.11 bits per heavy atom. The number of aliphatic hydroxyl groups excluding tert-OH is 1. The number of nitrogens with one attached hydrogen (secondary N) is 2. The number of aliphatic hydroxyl groups is 1. The van der Waals surface area contributed by atoms with Gasteiger partial charge in [-0.1, -0.05) is 0 Å². The number of rotatable bonds is 3. The van der Waals surface area contributed by atoms with E-state index in [0.717, 1.165) is 25.9 Å². The van der Waals surface area contributed by atoms with E-state index in [-0.39, 0.29) is 24.2 Å². The predicted molar refractivity (Wildman–Crippen MR) is 68.3 cm³/mol. The van der Waals surface area contributed by atoms with E-state index in [1.54, 1.807) is 0 Å². The third kappa shape index (κ3) is 2.95. The molecule has 5 nitrogen and oxygen atoms in total. The standard InChI is InChI=1S/C13H24N2O3/c1-12(2,3)18-11(17)15-13(4-5-13)10-7-14-6-9(10)8-16/h9-10,14,16H,4-8H2,1-3H3,(H,15,17). The molecule has 104 valence electrons. The van der Waals surface area contributed by atoms with E-state index in [0.29, 0.717) is 5.92 Å². The Morgan fingerprint density at radius 1 is 1.44 bits per heavy atom. The van der Waals surface area contributed by atoms with E-state index < -0.39 is 5.60 Å². The summed E-state index contributed by atoms with van der Waals surface area (Å²) in [6.45, 7) is 7.45. The highest BCUT2D eigenvalue weighted by atomic mass is 16.6. The van der Waals surface area contributed by atoms with Crippen molar-refractivity contribution in [3.8, 4) is 0 Å². The first-order valence-corrected chi connectivity index (χ1v) is 6.69. The lowest BCUT2D eigenvalue weighted by molar-refractivity contribution is 0.0458. The monoisotopic (exact) mass is 256 g/mol. The average Bonchev–Trinajstić information content (AvgIpc) is 2.84. The van der Waals surface area contributed by atoms with Crippen LogP contribution in [0.1, 0.15) is 33.6 Å². The minimum Gasteiger partial charge on any atom is -0.444 e. The Morgan fingerprint density at radius 3 is 2.61 bits per heavy atom. The number of hydrogen-bond acceptors (Lipinski definition) is 4. The zero-order valence-electron chi connectivity index (χ0n) is 11.5. The number of carbonyl (C=O) groups excluding carboxylic acids is 1. The Hall–Kier alpha value is -0.810. The molecule has 2 unspecified atom stereocenters. The van der Waals surface area contributed by atoms with Gasteiger partial charge < -0.3 is 20.5 Å². The van der Waals surface area contributed by atoms with Gasteiger partial charge in [0.25, 0.3) is 0 Å². The highest BCUT2D eigenvalue weighted by Gasteiger charge is 2.54. The van der Waals surface area contributed by atoms with Crippen molar-refractivity contribution < 1.29 is 14.6 Å². The van der Waals surface area contributed by atoms with Crippen molar-refractivity contribution in [3.05, 3.63) is 0 Å². The lowest BCUT2D eigenvalue weighted by Gasteiger charge is -2.29. The fourth-order valence-corrected chi connectivity index (χ4v) is 2.80. The maximum Gasteiger partial charge on any atom is 0.408 e. The quantitative estimate of drug-likeness (QED) is 0.701. The summed E-state index contributed by atoms with van der Waals surface area (Å²) in [6.07, 6.45) is 1.62. The van der Waals surface area contributed by atoms with Crippen molar-refractivity contribution in [1.29, 1.82) is 0 Å². The van der Waals surface area contributed by atoms with Crippen LogP contribution in [-0.2, 0) is 4.74 Å². The lowest BCUT2D eigenvalue weighted by Crippen LogP contribution is -2.47. The van der Waals surface area contributed by atoms with Crippen molar-refractivity contribution in [1.82, 2.24) is 10.6 Å². The Balaban J connectivity index is 1.94. The average molecular weight is 256 g/mol. The van der Waals surface area contributed by atoms with Crippen molar-refractivity contribution in [3.63, 3.8) is 0 Å². The van der Waals surface area contributed by atoms with E-state index in [2.05, 4.69) is 10.6 Å². The SMILES string of the molecule is CC(C)(C)OC(=O)NC1(C2CNCC2CO)CC1. The molecule has 0 aromatic heterocycles. The van der Waals surface area contributed by atoms with Crippen LogP contribution in [0.5, 0.6) is 0 Å². The van der Waals surface area contributed by atoms with E-state index in [1.165, 1.54) is 0 Å². The number of ether oxygens (including phenoxy) is 1. The largest absolute Gasteiger partial charge is 0.444 e. The van der Waals surface area contributed by atoms with Crippen LogP contribution in [0.3, 0.4) is 0 Å². The molecule has 2 aliphatic rings. The van der Waals surface area contributed by atoms with Crippen molar-refractivity contribution in [2.24, 2.45) is 11.8 Å². The van der Waals surface area contributed by atoms with Crippen LogP contribution in [-0.4, -0.2) is 42.0 Å². The highest BCUT2D eigenvalue weighted by Crippen LogP contribution is 2.46. The van der Waals surface area contributed by atoms with Crippen molar-refractivity contribution in [2.45, 2.75) is 44.8 Å². The molecule has 3 N–H and O–H groups in total. The van der Waals surface area contributed by atoms with E-state index in [4.69, 9.17) is 4.74 Å². The number of carbonyl (C=O) groups is 1. The molecule has 0 spiro atoms. The second-order valence-electron chi connectivity index (χ2n) is 6.49. The maximum absolute atomic E-state index is 11.8. The van der Waals surface area contributed by atoms with Gasteiger partial charge in [-0.15, -0.1) is 0 Å². The maximum atomic E-state index is 11.8. The molecule has 1 aliphatic heterocycles. The molecule has 2 atom stereocenters. The molecule has 1 saturated carbocycles. The second kappa shape index (κ2) is 4.70. The van der Waals surface area contributed by atoms with Crippen LogP contribution < -0.4 is 10.6 Å². The van der Waals surface area contributed by atoms with Gasteiger partial charge in [0.2, 0.25) is 0 Å². The molecule has 0 radical (unpaired) electrons. The van der Waals surface area contributed by atoms with Crippen LogP contribution in [0.4, 0.5) is 4.79 Å². The van der Waals surface area contributed by atoms with Crippen molar-refractivity contribution in [2.75, 3.05) is 19.7 Å². The highest BCUT2D eigenvalue weighted by molar-refractivity contribution is 5.69. The predicted octanol–water partition coefficient (Wildman–Crippen LogP) is 0.872. The normalized spacial score (nSPS) is 30.0. The van der Waals surface area contributed by atoms with Crippen LogP contribution in [0.15, 0.2) is 0 Å². The third-order valence-electron chi connectivity index (χ3n) is 3.82. The Kier molecular flexibility index (Phi) is 3.56. The molecule has 1 heterocycles. The summed E-state index contributed by atoms with van der Waals surface area (Å²) in [4.78, 5) is 11.8. The summed E-state index contributed by atoms with van der Waals surface area (Å²) in [5, 5.41) is 15.7. The molecule has 1 amide bonds. The Bertz CT molecular complexity index is 321. The van der Waals surface area contributed by atoms with Gasteiger partial charge in [0.1, 0.15) is 5.60 Å². The van der Waals surface area contributed by atoms with Gasteiger partial charge in [0.05, 0.1) is 0 Å². The summed E-state index contributed by atoms with van der Waals surface area (Å²) in [7, 11) is 0. The summed E-state index contributed by atoms with van der Waals surface area (Å²) < 4.78 is 5.31. The first kappa shape index (κ1) is 13.6. The molecule has 1 aliphatic carbocycles. The zero-order valence-corrected chi connectivity index (χ0v) is 11.5. The molecule has 2 rings (SSSR count). The summed E-state index contributed by atoms with van der Waals surface area (Å²) in [5.41, 5.74) is -0.621. The zero-order chi connectivity index (χ0) is 13.4. The number of hydrogen-bond donors (Lipinski definition) is 3. The van der Waals surface area contributed by atoms with Crippen LogP contribution >= 0.6 is 0 Å². The molecular formula is C13H24N2O3. The van der Waals surface area contributed by atoms with Gasteiger partial charge in [-0.3, -0.25) is 0 Å². The first-order chi connectivity index (χ1) is 8.36. The van der Waals surface area contributed by atoms with Crippen LogP contribution in [0, 0.1) is 11.8 Å². The number of amides is 1. The molecule has 5 heteroatoms. The second-order valence-corrected chi connectivity index (χ2v) is 6.49. The third-order valence-corrected chi connectivity index (χ3v) is 3.82. The van der Waals surface area contributed by atoms with E-state index in [1.807, 2.05) is 20.8 Å². The minimum atomic E-state index is -0.468. The summed E-state index contributed by atoms with van der Waals surface area (Å²) in [6, 6.07) is 0. The molecule has 0 aromatic rings. The van der Waals surface area contributed by atoms with Crippen LogP contribution in [0.25, 0.3) is 0 Å². The summed E-state index contributed by atoms with van der Waals surface area (Å²) >= 11 is 0. The lowest BCUT2D eigenvalue weighted by atomic mass is 9.87. The fraction of sp³-hybridized carbons (Fsp3) is 0.923. The smallest absolute Gasteiger partial charge is 0.408 e. The van der Waals surface area contributed by atoms with Gasteiger partial charge >= 0.3 is 6.09 Å². The van der Waals surface area contributed by atoms with Gasteiger partial charge in [0.15, 0.2) is 0 Å². The van der Waals surface area contributed by atoms with Gasteiger partial charge in [0, 0.05) is 37.1 Å². The number of alkyl carbamates (subject to hydrolysis) is 1. The summed E-state index contributed by atoms with van der Waals surface area (Å²) in [5.74, 6) is 0.553. The van der Waals surface area contributed by atoms with Gasteiger partial charge in [-0.05, 0) is 33.6 Å². The van der Waals surface area contributed by atoms with Crippen molar-refractivity contribution >= 4 is 6.09 Å². The topological polar surface area (TPSA) is 70.6 Å². The van der Waals surface area contributed by atoms with E-state index >= 15 is 0 Å². The van der Waals surface area contributed by atoms with Gasteiger partial charge in [-0.25, -0.2) is 4.79 Å². The fourth-order valence-electron chi connectivity index (χ4n) is 2.80. The molecule has 1 saturated heterocycles. The molecular weight excluding hydrogens is 232 g/mol. The molecule has 0 bridgehead atoms.